The van der Waals surface area contributed by atoms with Crippen LogP contribution in [0, 0.1) is 0 Å². The van der Waals surface area contributed by atoms with E-state index < -0.39 is 30.5 Å². The number of fused-ring (bicyclic) bond motifs is 1. The molecule has 0 radical (unpaired) electrons. The molecular weight excluding hydrogens is 282 g/mol. The van der Waals surface area contributed by atoms with Crippen molar-refractivity contribution in [3.63, 3.8) is 0 Å². The van der Waals surface area contributed by atoms with Crippen LogP contribution in [0.5, 0.6) is 0 Å². The van der Waals surface area contributed by atoms with E-state index in [4.69, 9.17) is 15.6 Å². The number of nitrogens with two attached hydrogens (primary N) is 1. The number of hydrogen-bond acceptors (Lipinski definition) is 8. The Labute approximate surface area is 117 Å². The first-order chi connectivity index (χ1) is 9.99. The lowest BCUT2D eigenvalue weighted by molar-refractivity contribution is -0.160. The summed E-state index contributed by atoms with van der Waals surface area (Å²) in [6.07, 6.45) is -2.04. The fraction of sp³-hybridized carbons (Fsp3) is 0.455. The summed E-state index contributed by atoms with van der Waals surface area (Å²) in [4.78, 5) is 22.7. The molecule has 3 heterocycles. The first-order valence-corrected chi connectivity index (χ1v) is 6.16. The van der Waals surface area contributed by atoms with Crippen LogP contribution in [0.3, 0.4) is 0 Å². The minimum absolute atomic E-state index is 0.102. The standard InChI is InChI=1S/C11H13N5O5/c12-9-6-10(14-2-13-9)16(3-15-6)5-1-4(17)8(21-5)7(18)11(19)20/h2-5,7-8,17-18H,1H2,(H,19,20)(H2,12,13,14)/t4?,5-,7?,8+/m1/s1. The second kappa shape index (κ2) is 4.91. The van der Waals surface area contributed by atoms with Gasteiger partial charge in [-0.05, 0) is 0 Å². The molecule has 10 heteroatoms. The van der Waals surface area contributed by atoms with Crippen LogP contribution >= 0.6 is 0 Å². The van der Waals surface area contributed by atoms with Gasteiger partial charge in [0, 0.05) is 6.42 Å². The van der Waals surface area contributed by atoms with E-state index in [0.717, 1.165) is 0 Å². The molecule has 21 heavy (non-hydrogen) atoms. The molecule has 112 valence electrons. The summed E-state index contributed by atoms with van der Waals surface area (Å²) >= 11 is 0. The van der Waals surface area contributed by atoms with Gasteiger partial charge >= 0.3 is 5.97 Å². The molecule has 0 bridgehead atoms. The highest BCUT2D eigenvalue weighted by Crippen LogP contribution is 2.32. The summed E-state index contributed by atoms with van der Waals surface area (Å²) < 4.78 is 6.95. The Morgan fingerprint density at radius 3 is 2.95 bits per heavy atom. The van der Waals surface area contributed by atoms with Crippen molar-refractivity contribution in [1.29, 1.82) is 0 Å². The van der Waals surface area contributed by atoms with Crippen LogP contribution in [0.15, 0.2) is 12.7 Å². The smallest absolute Gasteiger partial charge is 0.335 e. The van der Waals surface area contributed by atoms with Gasteiger partial charge in [0.2, 0.25) is 0 Å². The first kappa shape index (κ1) is 13.7. The van der Waals surface area contributed by atoms with Gasteiger partial charge in [0.05, 0.1) is 12.4 Å². The lowest BCUT2D eigenvalue weighted by atomic mass is 10.1. The van der Waals surface area contributed by atoms with Crippen LogP contribution in [0.1, 0.15) is 12.6 Å². The number of carbonyl (C=O) groups is 1. The number of carboxylic acid groups (broad SMARTS) is 1. The molecule has 3 rings (SSSR count). The number of aromatic nitrogens is 4. The average Bonchev–Trinajstić information content (AvgIpc) is 3.02. The number of anilines is 1. The molecule has 1 aliphatic heterocycles. The van der Waals surface area contributed by atoms with E-state index in [9.17, 15) is 15.0 Å². The largest absolute Gasteiger partial charge is 0.479 e. The summed E-state index contributed by atoms with van der Waals surface area (Å²) in [6, 6.07) is 0. The van der Waals surface area contributed by atoms with E-state index in [2.05, 4.69) is 15.0 Å². The highest BCUT2D eigenvalue weighted by Gasteiger charge is 2.42. The lowest BCUT2D eigenvalue weighted by Gasteiger charge is -2.18. The Morgan fingerprint density at radius 2 is 2.24 bits per heavy atom. The van der Waals surface area contributed by atoms with Crippen LogP contribution in [0.2, 0.25) is 0 Å². The quantitative estimate of drug-likeness (QED) is 0.529. The third-order valence-corrected chi connectivity index (χ3v) is 3.40. The highest BCUT2D eigenvalue weighted by atomic mass is 16.5. The predicted molar refractivity (Wildman–Crippen MR) is 67.9 cm³/mol. The number of nitrogen functional groups attached to an aromatic ring is 1. The molecule has 0 amide bonds. The molecule has 5 N–H and O–H groups in total. The zero-order valence-corrected chi connectivity index (χ0v) is 10.7. The second-order valence-corrected chi connectivity index (χ2v) is 4.72. The molecule has 1 fully saturated rings. The van der Waals surface area contributed by atoms with Gasteiger partial charge < -0.3 is 25.8 Å². The second-order valence-electron chi connectivity index (χ2n) is 4.72. The van der Waals surface area contributed by atoms with Crippen molar-refractivity contribution < 1.29 is 24.9 Å². The Hall–Kier alpha value is -2.30. The van der Waals surface area contributed by atoms with E-state index in [-0.39, 0.29) is 12.2 Å². The first-order valence-electron chi connectivity index (χ1n) is 6.16. The zero-order chi connectivity index (χ0) is 15.1. The summed E-state index contributed by atoms with van der Waals surface area (Å²) in [5.41, 5.74) is 6.47. The number of rotatable bonds is 3. The van der Waals surface area contributed by atoms with Gasteiger partial charge in [0.25, 0.3) is 0 Å². The highest BCUT2D eigenvalue weighted by molar-refractivity contribution is 5.81. The SMILES string of the molecule is Nc1ncnc2c1ncn2[C@H]1CC(O)[C@@H](C(O)C(=O)O)O1. The van der Waals surface area contributed by atoms with Gasteiger partial charge in [-0.2, -0.15) is 0 Å². The van der Waals surface area contributed by atoms with E-state index >= 15 is 0 Å². The predicted octanol–water partition coefficient (Wildman–Crippen LogP) is -1.50. The number of carboxylic acids is 1. The number of hydrogen-bond donors (Lipinski definition) is 4. The van der Waals surface area contributed by atoms with Gasteiger partial charge in [0.15, 0.2) is 17.6 Å². The van der Waals surface area contributed by atoms with Gasteiger partial charge in [-0.15, -0.1) is 0 Å². The van der Waals surface area contributed by atoms with E-state index in [0.29, 0.717) is 11.2 Å². The Kier molecular flexibility index (Phi) is 3.20. The summed E-state index contributed by atoms with van der Waals surface area (Å²) in [5.74, 6) is -1.25. The minimum atomic E-state index is -1.81. The third kappa shape index (κ3) is 2.18. The topological polar surface area (TPSA) is 157 Å². The van der Waals surface area contributed by atoms with Gasteiger partial charge in [0.1, 0.15) is 24.2 Å². The van der Waals surface area contributed by atoms with E-state index in [1.807, 2.05) is 0 Å². The number of nitrogens with zero attached hydrogens (tertiary/aromatic N) is 4. The zero-order valence-electron chi connectivity index (χ0n) is 10.7. The molecule has 1 aliphatic rings. The van der Waals surface area contributed by atoms with Gasteiger partial charge in [-0.3, -0.25) is 4.57 Å². The molecule has 2 unspecified atom stereocenters. The normalized spacial score (nSPS) is 27.0. The molecule has 2 aromatic heterocycles. The maximum atomic E-state index is 10.8. The Balaban J connectivity index is 1.91. The molecule has 2 aromatic rings. The van der Waals surface area contributed by atoms with Crippen molar-refractivity contribution in [2.24, 2.45) is 0 Å². The van der Waals surface area contributed by atoms with Crippen molar-refractivity contribution in [2.75, 3.05) is 5.73 Å². The molecule has 0 aliphatic carbocycles. The molecule has 10 nitrogen and oxygen atoms in total. The van der Waals surface area contributed by atoms with Crippen molar-refractivity contribution in [1.82, 2.24) is 19.5 Å². The van der Waals surface area contributed by atoms with Crippen LogP contribution < -0.4 is 5.73 Å². The van der Waals surface area contributed by atoms with Crippen molar-refractivity contribution in [2.45, 2.75) is 31.0 Å². The number of aliphatic carboxylic acids is 1. The molecule has 0 saturated carbocycles. The molecule has 4 atom stereocenters. The Morgan fingerprint density at radius 1 is 1.48 bits per heavy atom. The van der Waals surface area contributed by atoms with Crippen LogP contribution in [0.25, 0.3) is 11.2 Å². The van der Waals surface area contributed by atoms with E-state index in [1.54, 1.807) is 0 Å². The number of ether oxygens (including phenoxy) is 1. The fourth-order valence-corrected chi connectivity index (χ4v) is 2.35. The number of imidazole rings is 1. The summed E-state index contributed by atoms with van der Waals surface area (Å²) in [6.45, 7) is 0. The maximum Gasteiger partial charge on any atom is 0.335 e. The lowest BCUT2D eigenvalue weighted by Crippen LogP contribution is -2.40. The molecule has 0 spiro atoms. The molecule has 0 aromatic carbocycles. The van der Waals surface area contributed by atoms with Gasteiger partial charge in [-0.1, -0.05) is 0 Å². The maximum absolute atomic E-state index is 10.8. The molecular formula is C11H13N5O5. The molecule has 1 saturated heterocycles. The number of aliphatic hydroxyl groups is 2. The third-order valence-electron chi connectivity index (χ3n) is 3.40. The average molecular weight is 295 g/mol. The minimum Gasteiger partial charge on any atom is -0.479 e. The van der Waals surface area contributed by atoms with Crippen molar-refractivity contribution in [3.8, 4) is 0 Å². The van der Waals surface area contributed by atoms with Crippen LogP contribution in [-0.2, 0) is 9.53 Å². The summed E-state index contributed by atoms with van der Waals surface area (Å²) in [5, 5.41) is 28.2. The van der Waals surface area contributed by atoms with Crippen molar-refractivity contribution >= 4 is 23.0 Å². The van der Waals surface area contributed by atoms with E-state index in [1.165, 1.54) is 17.2 Å². The monoisotopic (exact) mass is 295 g/mol. The fourth-order valence-electron chi connectivity index (χ4n) is 2.35. The van der Waals surface area contributed by atoms with Crippen LogP contribution in [-0.4, -0.2) is 59.1 Å². The number of aliphatic hydroxyl groups excluding tert-OH is 2. The Bertz CT molecular complexity index is 689. The van der Waals surface area contributed by atoms with Gasteiger partial charge in [-0.25, -0.2) is 19.7 Å². The van der Waals surface area contributed by atoms with Crippen LogP contribution in [0.4, 0.5) is 5.82 Å². The van der Waals surface area contributed by atoms with Crippen molar-refractivity contribution in [3.05, 3.63) is 12.7 Å². The summed E-state index contributed by atoms with van der Waals surface area (Å²) in [7, 11) is 0.